The van der Waals surface area contributed by atoms with Crippen molar-refractivity contribution in [3.8, 4) is 5.75 Å². The highest BCUT2D eigenvalue weighted by molar-refractivity contribution is 5.85. The number of piperazine rings is 1. The van der Waals surface area contributed by atoms with Crippen LogP contribution >= 0.6 is 12.4 Å². The first-order valence-electron chi connectivity index (χ1n) is 7.88. The predicted octanol–water partition coefficient (Wildman–Crippen LogP) is 1.92. The quantitative estimate of drug-likeness (QED) is 0.739. The van der Waals surface area contributed by atoms with E-state index in [0.29, 0.717) is 24.9 Å². The molecule has 25 heavy (non-hydrogen) atoms. The highest BCUT2D eigenvalue weighted by Gasteiger charge is 2.30. The van der Waals surface area contributed by atoms with Gasteiger partial charge in [0.25, 0.3) is 0 Å². The summed E-state index contributed by atoms with van der Waals surface area (Å²) in [5.74, 6) is 0.257. The lowest BCUT2D eigenvalue weighted by atomic mass is 10.2. The molecule has 2 N–H and O–H groups in total. The van der Waals surface area contributed by atoms with Crippen LogP contribution in [0.5, 0.6) is 5.75 Å². The van der Waals surface area contributed by atoms with Crippen molar-refractivity contribution in [2.75, 3.05) is 39.3 Å². The first kappa shape index (κ1) is 21.5. The number of rotatable bonds is 6. The summed E-state index contributed by atoms with van der Waals surface area (Å²) in [7, 11) is 0. The fourth-order valence-electron chi connectivity index (χ4n) is 2.46. The number of nitrogens with zero attached hydrogens (tertiary/aromatic N) is 1. The van der Waals surface area contributed by atoms with E-state index in [1.54, 1.807) is 0 Å². The zero-order valence-corrected chi connectivity index (χ0v) is 14.8. The summed E-state index contributed by atoms with van der Waals surface area (Å²) >= 11 is 0. The van der Waals surface area contributed by atoms with Crippen molar-refractivity contribution in [1.82, 2.24) is 15.5 Å². The van der Waals surface area contributed by atoms with Gasteiger partial charge >= 0.3 is 6.18 Å². The van der Waals surface area contributed by atoms with Gasteiger partial charge < -0.3 is 15.4 Å². The Labute approximate surface area is 151 Å². The van der Waals surface area contributed by atoms with Gasteiger partial charge in [0, 0.05) is 25.7 Å². The predicted molar refractivity (Wildman–Crippen MR) is 91.1 cm³/mol. The van der Waals surface area contributed by atoms with E-state index in [1.165, 1.54) is 12.1 Å². The van der Waals surface area contributed by atoms with Gasteiger partial charge in [-0.1, -0.05) is 0 Å². The van der Waals surface area contributed by atoms with Gasteiger partial charge in [0.15, 0.2) is 0 Å². The third-order valence-corrected chi connectivity index (χ3v) is 3.86. The van der Waals surface area contributed by atoms with Gasteiger partial charge in [0.2, 0.25) is 5.91 Å². The highest BCUT2D eigenvalue weighted by Crippen LogP contribution is 2.30. The largest absolute Gasteiger partial charge is 0.492 e. The minimum absolute atomic E-state index is 0. The molecule has 1 saturated heterocycles. The number of ether oxygens (including phenoxy) is 1. The molecule has 0 spiro atoms. The summed E-state index contributed by atoms with van der Waals surface area (Å²) in [4.78, 5) is 14.0. The van der Waals surface area contributed by atoms with Crippen molar-refractivity contribution >= 4 is 18.3 Å². The second-order valence-electron chi connectivity index (χ2n) is 5.74. The van der Waals surface area contributed by atoms with E-state index in [1.807, 2.05) is 0 Å². The summed E-state index contributed by atoms with van der Waals surface area (Å²) in [5.41, 5.74) is -0.715. The number of amides is 1. The molecule has 5 nitrogen and oxygen atoms in total. The highest BCUT2D eigenvalue weighted by atomic mass is 35.5. The fourth-order valence-corrected chi connectivity index (χ4v) is 2.46. The van der Waals surface area contributed by atoms with Gasteiger partial charge in [-0.25, -0.2) is 0 Å². The molecule has 0 aliphatic carbocycles. The van der Waals surface area contributed by atoms with Gasteiger partial charge in [0.05, 0.1) is 18.7 Å². The normalized spacial score (nSPS) is 18.3. The van der Waals surface area contributed by atoms with E-state index in [2.05, 4.69) is 22.5 Å². The van der Waals surface area contributed by atoms with Crippen LogP contribution in [0.2, 0.25) is 0 Å². The van der Waals surface area contributed by atoms with Crippen LogP contribution in [0.15, 0.2) is 24.3 Å². The Morgan fingerprint density at radius 3 is 2.64 bits per heavy atom. The molecule has 1 aromatic rings. The molecule has 0 unspecified atom stereocenters. The molecule has 1 aliphatic rings. The SMILES string of the molecule is C[C@H]1CNCCN1CC(=O)NCCOc1ccc(C(F)(F)F)cc1.Cl. The summed E-state index contributed by atoms with van der Waals surface area (Å²) in [6, 6.07) is 4.80. The number of halogens is 4. The number of nitrogens with one attached hydrogen (secondary N) is 2. The van der Waals surface area contributed by atoms with Crippen LogP contribution in [-0.4, -0.2) is 56.2 Å². The number of benzene rings is 1. The first-order chi connectivity index (χ1) is 11.4. The third-order valence-electron chi connectivity index (χ3n) is 3.86. The van der Waals surface area contributed by atoms with Crippen LogP contribution in [0.4, 0.5) is 13.2 Å². The van der Waals surface area contributed by atoms with Gasteiger partial charge in [-0.3, -0.25) is 9.69 Å². The average Bonchev–Trinajstić information content (AvgIpc) is 2.53. The fraction of sp³-hybridized carbons (Fsp3) is 0.562. The zero-order valence-electron chi connectivity index (χ0n) is 13.9. The molecular formula is C16H23ClF3N3O2. The lowest BCUT2D eigenvalue weighted by Crippen LogP contribution is -2.52. The van der Waals surface area contributed by atoms with Gasteiger partial charge in [-0.05, 0) is 31.2 Å². The van der Waals surface area contributed by atoms with Crippen molar-refractivity contribution in [3.05, 3.63) is 29.8 Å². The Morgan fingerprint density at radius 1 is 1.36 bits per heavy atom. The third kappa shape index (κ3) is 7.09. The van der Waals surface area contributed by atoms with E-state index in [-0.39, 0.29) is 24.9 Å². The second-order valence-corrected chi connectivity index (χ2v) is 5.74. The number of alkyl halides is 3. The Hall–Kier alpha value is -1.51. The molecule has 1 aromatic carbocycles. The Balaban J connectivity index is 0.00000312. The molecular weight excluding hydrogens is 359 g/mol. The Morgan fingerprint density at radius 2 is 2.04 bits per heavy atom. The molecule has 1 atom stereocenters. The molecule has 2 rings (SSSR count). The summed E-state index contributed by atoms with van der Waals surface area (Å²) < 4.78 is 42.6. The topological polar surface area (TPSA) is 53.6 Å². The minimum atomic E-state index is -4.35. The van der Waals surface area contributed by atoms with Crippen molar-refractivity contribution < 1.29 is 22.7 Å². The maximum atomic E-state index is 12.4. The van der Waals surface area contributed by atoms with Gasteiger partial charge in [0.1, 0.15) is 12.4 Å². The maximum absolute atomic E-state index is 12.4. The summed E-state index contributed by atoms with van der Waals surface area (Å²) in [5, 5.41) is 6.01. The molecule has 1 aliphatic heterocycles. The molecule has 9 heteroatoms. The monoisotopic (exact) mass is 381 g/mol. The molecule has 142 valence electrons. The van der Waals surface area contributed by atoms with Crippen LogP contribution in [0.1, 0.15) is 12.5 Å². The molecule has 1 amide bonds. The van der Waals surface area contributed by atoms with E-state index < -0.39 is 11.7 Å². The van der Waals surface area contributed by atoms with E-state index in [9.17, 15) is 18.0 Å². The number of hydrogen-bond acceptors (Lipinski definition) is 4. The Kier molecular flexibility index (Phi) is 8.47. The van der Waals surface area contributed by atoms with Crippen LogP contribution < -0.4 is 15.4 Å². The minimum Gasteiger partial charge on any atom is -0.492 e. The molecule has 0 bridgehead atoms. The maximum Gasteiger partial charge on any atom is 0.416 e. The van der Waals surface area contributed by atoms with E-state index >= 15 is 0 Å². The average molecular weight is 382 g/mol. The van der Waals surface area contributed by atoms with Crippen molar-refractivity contribution in [2.24, 2.45) is 0 Å². The summed E-state index contributed by atoms with van der Waals surface area (Å²) in [6.45, 7) is 5.47. The van der Waals surface area contributed by atoms with Crippen LogP contribution in [0.3, 0.4) is 0 Å². The van der Waals surface area contributed by atoms with Gasteiger partial charge in [-0.15, -0.1) is 12.4 Å². The molecule has 0 saturated carbocycles. The second kappa shape index (κ2) is 9.84. The van der Waals surface area contributed by atoms with E-state index in [0.717, 1.165) is 31.8 Å². The lowest BCUT2D eigenvalue weighted by Gasteiger charge is -2.33. The molecule has 0 aromatic heterocycles. The van der Waals surface area contributed by atoms with Crippen molar-refractivity contribution in [3.63, 3.8) is 0 Å². The van der Waals surface area contributed by atoms with Crippen molar-refractivity contribution in [1.29, 1.82) is 0 Å². The van der Waals surface area contributed by atoms with Gasteiger partial charge in [-0.2, -0.15) is 13.2 Å². The lowest BCUT2D eigenvalue weighted by molar-refractivity contribution is -0.137. The van der Waals surface area contributed by atoms with Crippen LogP contribution in [-0.2, 0) is 11.0 Å². The molecule has 1 heterocycles. The smallest absolute Gasteiger partial charge is 0.416 e. The number of hydrogen-bond donors (Lipinski definition) is 2. The molecule has 0 radical (unpaired) electrons. The summed E-state index contributed by atoms with van der Waals surface area (Å²) in [6.07, 6.45) is -4.35. The van der Waals surface area contributed by atoms with E-state index in [4.69, 9.17) is 4.74 Å². The first-order valence-corrected chi connectivity index (χ1v) is 7.88. The number of carbonyl (C=O) groups is 1. The number of carbonyl (C=O) groups excluding carboxylic acids is 1. The van der Waals surface area contributed by atoms with Crippen LogP contribution in [0, 0.1) is 0 Å². The zero-order chi connectivity index (χ0) is 17.6. The Bertz CT molecular complexity index is 540. The molecule has 1 fully saturated rings. The van der Waals surface area contributed by atoms with Crippen molar-refractivity contribution in [2.45, 2.75) is 19.1 Å². The standard InChI is InChI=1S/C16H22F3N3O2.ClH/c1-12-10-20-6-8-22(12)11-15(23)21-7-9-24-14-4-2-13(3-5-14)16(17,18)19;/h2-5,12,20H,6-11H2,1H3,(H,21,23);1H/t12-;/m0./s1. The van der Waals surface area contributed by atoms with Crippen LogP contribution in [0.25, 0.3) is 0 Å².